The normalized spacial score (nSPS) is 11.5. The predicted octanol–water partition coefficient (Wildman–Crippen LogP) is 4.44. The zero-order chi connectivity index (χ0) is 22.1. The van der Waals surface area contributed by atoms with Crippen LogP contribution in [0.15, 0.2) is 24.3 Å². The van der Waals surface area contributed by atoms with Crippen LogP contribution in [-0.2, 0) is 14.9 Å². The van der Waals surface area contributed by atoms with Crippen LogP contribution in [-0.4, -0.2) is 35.5 Å². The maximum absolute atomic E-state index is 12.9. The van der Waals surface area contributed by atoms with Gasteiger partial charge in [0.05, 0.1) is 10.6 Å². The Morgan fingerprint density at radius 3 is 2.20 bits per heavy atom. The highest BCUT2D eigenvalue weighted by molar-refractivity contribution is 7.20. The molecule has 0 aliphatic rings. The number of ether oxygens (including phenoxy) is 1. The molecule has 30 heavy (non-hydrogen) atoms. The molecular weight excluding hydrogens is 400 g/mol. The molecule has 0 bridgehead atoms. The van der Waals surface area contributed by atoms with Crippen molar-refractivity contribution in [3.8, 4) is 0 Å². The first-order valence-corrected chi connectivity index (χ1v) is 10.4. The Balaban J connectivity index is 1.82. The van der Waals surface area contributed by atoms with Crippen LogP contribution in [0.1, 0.15) is 47.5 Å². The van der Waals surface area contributed by atoms with E-state index in [9.17, 15) is 9.59 Å². The summed E-state index contributed by atoms with van der Waals surface area (Å²) in [5.74, 6) is 0.344. The van der Waals surface area contributed by atoms with Crippen molar-refractivity contribution in [2.45, 2.75) is 40.0 Å². The van der Waals surface area contributed by atoms with E-state index in [1.165, 1.54) is 18.4 Å². The molecule has 0 fully saturated rings. The zero-order valence-corrected chi connectivity index (χ0v) is 18.9. The number of nitrogens with zero attached hydrogens (tertiary/aromatic N) is 2. The Hall–Kier alpha value is -2.84. The van der Waals surface area contributed by atoms with E-state index in [2.05, 4.69) is 36.4 Å². The second-order valence-electron chi connectivity index (χ2n) is 8.13. The van der Waals surface area contributed by atoms with Crippen molar-refractivity contribution in [1.29, 1.82) is 0 Å². The number of hydrogen-bond donors (Lipinski definition) is 2. The number of fused-ring (bicyclic) bond motifs is 1. The molecule has 7 nitrogen and oxygen atoms in total. The fourth-order valence-corrected chi connectivity index (χ4v) is 4.17. The van der Waals surface area contributed by atoms with Crippen molar-refractivity contribution in [1.82, 2.24) is 9.97 Å². The van der Waals surface area contributed by atoms with E-state index in [1.807, 2.05) is 13.8 Å². The number of nitrogens with one attached hydrogen (secondary N) is 2. The molecule has 8 heteroatoms. The third-order valence-electron chi connectivity index (χ3n) is 4.55. The molecule has 0 aliphatic carbocycles. The molecule has 0 spiro atoms. The van der Waals surface area contributed by atoms with E-state index in [0.717, 1.165) is 27.3 Å². The number of carbonyl (C=O) groups excluding carboxylic acids is 2. The number of thiophene rings is 1. The summed E-state index contributed by atoms with van der Waals surface area (Å²) in [5.41, 5.74) is 2.87. The van der Waals surface area contributed by atoms with Gasteiger partial charge in [-0.25, -0.2) is 9.97 Å². The monoisotopic (exact) mass is 426 g/mol. The molecule has 0 aliphatic heterocycles. The van der Waals surface area contributed by atoms with Crippen molar-refractivity contribution < 1.29 is 14.3 Å². The van der Waals surface area contributed by atoms with Gasteiger partial charge in [-0.1, -0.05) is 20.8 Å². The molecule has 2 heterocycles. The van der Waals surface area contributed by atoms with Crippen molar-refractivity contribution in [2.24, 2.45) is 0 Å². The second kappa shape index (κ2) is 8.49. The Bertz CT molecular complexity index is 1100. The van der Waals surface area contributed by atoms with Gasteiger partial charge in [-0.05, 0) is 43.7 Å². The molecule has 0 saturated heterocycles. The Morgan fingerprint density at radius 2 is 1.63 bits per heavy atom. The van der Waals surface area contributed by atoms with Crippen molar-refractivity contribution in [3.63, 3.8) is 0 Å². The van der Waals surface area contributed by atoms with Crippen LogP contribution < -0.4 is 10.6 Å². The Labute approximate surface area is 179 Å². The zero-order valence-electron chi connectivity index (χ0n) is 18.0. The van der Waals surface area contributed by atoms with Crippen LogP contribution in [0.5, 0.6) is 0 Å². The lowest BCUT2D eigenvalue weighted by molar-refractivity contribution is -0.119. The van der Waals surface area contributed by atoms with E-state index in [0.29, 0.717) is 16.3 Å². The van der Waals surface area contributed by atoms with Gasteiger partial charge >= 0.3 is 0 Å². The number of hydrogen-bond acceptors (Lipinski definition) is 6. The van der Waals surface area contributed by atoms with E-state index < -0.39 is 0 Å². The molecule has 2 amide bonds. The Kier molecular flexibility index (Phi) is 6.19. The van der Waals surface area contributed by atoms with Crippen molar-refractivity contribution in [2.75, 3.05) is 24.4 Å². The van der Waals surface area contributed by atoms with Crippen LogP contribution >= 0.6 is 11.3 Å². The molecule has 0 radical (unpaired) electrons. The smallest absolute Gasteiger partial charge is 0.266 e. The molecule has 0 unspecified atom stereocenters. The van der Waals surface area contributed by atoms with Gasteiger partial charge in [0.15, 0.2) is 0 Å². The van der Waals surface area contributed by atoms with Crippen molar-refractivity contribution in [3.05, 3.63) is 46.2 Å². The number of anilines is 2. The second-order valence-corrected chi connectivity index (χ2v) is 9.13. The van der Waals surface area contributed by atoms with Crippen LogP contribution in [0.25, 0.3) is 10.2 Å². The third-order valence-corrected chi connectivity index (χ3v) is 5.73. The summed E-state index contributed by atoms with van der Waals surface area (Å²) in [6.07, 6.45) is 0. The molecule has 0 saturated carbocycles. The average Bonchev–Trinajstić information content (AvgIpc) is 3.00. The van der Waals surface area contributed by atoms with Crippen molar-refractivity contribution >= 4 is 44.7 Å². The molecule has 1 aromatic carbocycles. The topological polar surface area (TPSA) is 93.2 Å². The highest BCUT2D eigenvalue weighted by Gasteiger charge is 2.23. The van der Waals surface area contributed by atoms with Crippen LogP contribution in [0.2, 0.25) is 0 Å². The average molecular weight is 427 g/mol. The minimum atomic E-state index is -0.235. The van der Waals surface area contributed by atoms with E-state index >= 15 is 0 Å². The van der Waals surface area contributed by atoms with Gasteiger partial charge in [-0.15, -0.1) is 11.3 Å². The molecule has 158 valence electrons. The first-order valence-electron chi connectivity index (χ1n) is 9.58. The van der Waals surface area contributed by atoms with Gasteiger partial charge in [0, 0.05) is 29.3 Å². The summed E-state index contributed by atoms with van der Waals surface area (Å²) in [4.78, 5) is 35.3. The van der Waals surface area contributed by atoms with Gasteiger partial charge in [0.25, 0.3) is 5.91 Å². The summed E-state index contributed by atoms with van der Waals surface area (Å²) in [6, 6.07) is 6.94. The highest BCUT2D eigenvalue weighted by Crippen LogP contribution is 2.33. The first kappa shape index (κ1) is 21.9. The van der Waals surface area contributed by atoms with E-state index in [4.69, 9.17) is 9.72 Å². The number of methoxy groups -OCH3 is 1. The number of carbonyl (C=O) groups is 2. The molecule has 3 aromatic rings. The summed E-state index contributed by atoms with van der Waals surface area (Å²) in [7, 11) is 1.46. The lowest BCUT2D eigenvalue weighted by Gasteiger charge is -2.16. The van der Waals surface area contributed by atoms with Crippen LogP contribution in [0.4, 0.5) is 11.4 Å². The standard InChI is InChI=1S/C22H26N4O3S/c1-12-17-13(2)23-21(22(3,4)5)26-20(17)30-18(12)19(28)25-15-9-7-14(8-10-15)24-16(27)11-29-6/h7-10H,11H2,1-6H3,(H,24,27)(H,25,28). The number of amides is 2. The van der Waals surface area contributed by atoms with Gasteiger partial charge in [0.1, 0.15) is 17.3 Å². The highest BCUT2D eigenvalue weighted by atomic mass is 32.1. The number of benzene rings is 1. The quantitative estimate of drug-likeness (QED) is 0.629. The lowest BCUT2D eigenvalue weighted by atomic mass is 9.95. The molecule has 2 N–H and O–H groups in total. The molecule has 0 atom stereocenters. The Morgan fingerprint density at radius 1 is 1.03 bits per heavy atom. The van der Waals surface area contributed by atoms with Gasteiger partial charge in [-0.3, -0.25) is 9.59 Å². The molecular formula is C22H26N4O3S. The lowest BCUT2D eigenvalue weighted by Crippen LogP contribution is -2.17. The summed E-state index contributed by atoms with van der Waals surface area (Å²) in [6.45, 7) is 10.1. The van der Waals surface area contributed by atoms with Crippen LogP contribution in [0, 0.1) is 13.8 Å². The SMILES string of the molecule is COCC(=O)Nc1ccc(NC(=O)c2sc3nc(C(C)(C)C)nc(C)c3c2C)cc1. The van der Waals surface area contributed by atoms with Gasteiger partial charge < -0.3 is 15.4 Å². The molecule has 2 aromatic heterocycles. The maximum atomic E-state index is 12.9. The van der Waals surface area contributed by atoms with Gasteiger partial charge in [-0.2, -0.15) is 0 Å². The predicted molar refractivity (Wildman–Crippen MR) is 120 cm³/mol. The summed E-state index contributed by atoms with van der Waals surface area (Å²) >= 11 is 1.38. The van der Waals surface area contributed by atoms with E-state index in [1.54, 1.807) is 24.3 Å². The van der Waals surface area contributed by atoms with Gasteiger partial charge in [0.2, 0.25) is 5.91 Å². The third kappa shape index (κ3) is 4.66. The minimum Gasteiger partial charge on any atom is -0.375 e. The fourth-order valence-electron chi connectivity index (χ4n) is 3.04. The number of aryl methyl sites for hydroxylation is 2. The number of aromatic nitrogens is 2. The van der Waals surface area contributed by atoms with Crippen LogP contribution in [0.3, 0.4) is 0 Å². The molecule has 3 rings (SSSR count). The first-order chi connectivity index (χ1) is 14.1. The minimum absolute atomic E-state index is 0.0110. The fraction of sp³-hybridized carbons (Fsp3) is 0.364. The van der Waals surface area contributed by atoms with E-state index in [-0.39, 0.29) is 23.8 Å². The summed E-state index contributed by atoms with van der Waals surface area (Å²) < 4.78 is 4.79. The maximum Gasteiger partial charge on any atom is 0.266 e. The largest absolute Gasteiger partial charge is 0.375 e. The number of rotatable bonds is 5. The summed E-state index contributed by atoms with van der Waals surface area (Å²) in [5, 5.41) is 6.57.